The van der Waals surface area contributed by atoms with Gasteiger partial charge in [0.05, 0.1) is 11.4 Å². The van der Waals surface area contributed by atoms with E-state index in [-0.39, 0.29) is 12.4 Å². The SMILES string of the molecule is Cc1ccccc1-n1nccc1CN1CCC(N)C(C)C1.Cl. The van der Waals surface area contributed by atoms with Gasteiger partial charge < -0.3 is 5.73 Å². The van der Waals surface area contributed by atoms with Crippen LogP contribution in [0.5, 0.6) is 0 Å². The highest BCUT2D eigenvalue weighted by Crippen LogP contribution is 2.20. The Hall–Kier alpha value is -1.36. The Morgan fingerprint density at radius 2 is 2.05 bits per heavy atom. The van der Waals surface area contributed by atoms with Crippen molar-refractivity contribution in [3.05, 3.63) is 47.8 Å². The second-order valence-electron chi connectivity index (χ2n) is 6.19. The molecular formula is C17H25ClN4. The van der Waals surface area contributed by atoms with E-state index in [1.807, 2.05) is 6.20 Å². The first-order chi connectivity index (χ1) is 10.1. The molecule has 2 aromatic rings. The molecule has 120 valence electrons. The van der Waals surface area contributed by atoms with Crippen molar-refractivity contribution in [2.24, 2.45) is 11.7 Å². The number of nitrogens with zero attached hydrogens (tertiary/aromatic N) is 3. The summed E-state index contributed by atoms with van der Waals surface area (Å²) in [5.74, 6) is 0.564. The third kappa shape index (κ3) is 3.51. The van der Waals surface area contributed by atoms with Gasteiger partial charge in [0.15, 0.2) is 0 Å². The van der Waals surface area contributed by atoms with Gasteiger partial charge >= 0.3 is 0 Å². The maximum Gasteiger partial charge on any atom is 0.0678 e. The number of likely N-dealkylation sites (tertiary alicyclic amines) is 1. The van der Waals surface area contributed by atoms with Gasteiger partial charge in [-0.15, -0.1) is 12.4 Å². The van der Waals surface area contributed by atoms with E-state index in [0.29, 0.717) is 12.0 Å². The maximum absolute atomic E-state index is 6.11. The van der Waals surface area contributed by atoms with E-state index in [1.54, 1.807) is 0 Å². The Kier molecular flexibility index (Phi) is 5.62. The summed E-state index contributed by atoms with van der Waals surface area (Å²) in [5, 5.41) is 4.51. The molecule has 5 heteroatoms. The summed E-state index contributed by atoms with van der Waals surface area (Å²) in [5.41, 5.74) is 9.77. The summed E-state index contributed by atoms with van der Waals surface area (Å²) in [6.45, 7) is 7.45. The van der Waals surface area contributed by atoms with Crippen LogP contribution in [0.4, 0.5) is 0 Å². The number of hydrogen-bond donors (Lipinski definition) is 1. The number of aromatic nitrogens is 2. The summed E-state index contributed by atoms with van der Waals surface area (Å²) >= 11 is 0. The van der Waals surface area contributed by atoms with E-state index < -0.39 is 0 Å². The minimum Gasteiger partial charge on any atom is -0.327 e. The number of nitrogens with two attached hydrogens (primary N) is 1. The molecule has 0 bridgehead atoms. The molecule has 1 aromatic carbocycles. The zero-order chi connectivity index (χ0) is 14.8. The van der Waals surface area contributed by atoms with E-state index in [2.05, 4.69) is 58.9 Å². The van der Waals surface area contributed by atoms with Gasteiger partial charge in [-0.05, 0) is 37.0 Å². The molecule has 1 saturated heterocycles. The standard InChI is InChI=1S/C17H24N4.ClH/c1-13-5-3-4-6-17(13)21-15(7-9-19-21)12-20-10-8-16(18)14(2)11-20;/h3-7,9,14,16H,8,10-12,18H2,1-2H3;1H. The van der Waals surface area contributed by atoms with E-state index >= 15 is 0 Å². The Balaban J connectivity index is 0.00000176. The molecule has 1 fully saturated rings. The molecule has 4 nitrogen and oxygen atoms in total. The number of aryl methyl sites for hydroxylation is 1. The zero-order valence-corrected chi connectivity index (χ0v) is 14.1. The highest BCUT2D eigenvalue weighted by molar-refractivity contribution is 5.85. The van der Waals surface area contributed by atoms with Crippen LogP contribution in [-0.4, -0.2) is 33.8 Å². The van der Waals surface area contributed by atoms with Crippen LogP contribution in [0.2, 0.25) is 0 Å². The smallest absolute Gasteiger partial charge is 0.0678 e. The maximum atomic E-state index is 6.11. The van der Waals surface area contributed by atoms with Crippen LogP contribution < -0.4 is 5.73 Å². The molecular weight excluding hydrogens is 296 g/mol. The average Bonchev–Trinajstić information content (AvgIpc) is 2.91. The summed E-state index contributed by atoms with van der Waals surface area (Å²) in [6.07, 6.45) is 2.97. The van der Waals surface area contributed by atoms with Crippen molar-refractivity contribution in [2.45, 2.75) is 32.9 Å². The number of hydrogen-bond acceptors (Lipinski definition) is 3. The van der Waals surface area contributed by atoms with Crippen molar-refractivity contribution in [3.8, 4) is 5.69 Å². The van der Waals surface area contributed by atoms with Crippen LogP contribution >= 0.6 is 12.4 Å². The molecule has 1 aliphatic rings. The molecule has 22 heavy (non-hydrogen) atoms. The summed E-state index contributed by atoms with van der Waals surface area (Å²) in [6, 6.07) is 10.9. The first kappa shape index (κ1) is 17.0. The fourth-order valence-electron chi connectivity index (χ4n) is 3.09. The number of rotatable bonds is 3. The van der Waals surface area contributed by atoms with Crippen molar-refractivity contribution < 1.29 is 0 Å². The third-order valence-electron chi connectivity index (χ3n) is 4.51. The van der Waals surface area contributed by atoms with Gasteiger partial charge in [-0.3, -0.25) is 4.90 Å². The molecule has 2 atom stereocenters. The van der Waals surface area contributed by atoms with Gasteiger partial charge in [0.25, 0.3) is 0 Å². The molecule has 0 saturated carbocycles. The van der Waals surface area contributed by atoms with E-state index in [9.17, 15) is 0 Å². The fraction of sp³-hybridized carbons (Fsp3) is 0.471. The van der Waals surface area contributed by atoms with Crippen LogP contribution in [-0.2, 0) is 6.54 Å². The quantitative estimate of drug-likeness (QED) is 0.946. The highest BCUT2D eigenvalue weighted by atomic mass is 35.5. The van der Waals surface area contributed by atoms with Gasteiger partial charge in [-0.2, -0.15) is 5.10 Å². The van der Waals surface area contributed by atoms with Crippen molar-refractivity contribution in [2.75, 3.05) is 13.1 Å². The van der Waals surface area contributed by atoms with Gasteiger partial charge in [0.1, 0.15) is 0 Å². The molecule has 1 aromatic heterocycles. The van der Waals surface area contributed by atoms with Gasteiger partial charge in [0, 0.05) is 31.9 Å². The largest absolute Gasteiger partial charge is 0.327 e. The minimum atomic E-state index is 0. The summed E-state index contributed by atoms with van der Waals surface area (Å²) in [4.78, 5) is 2.49. The van der Waals surface area contributed by atoms with Crippen molar-refractivity contribution in [1.82, 2.24) is 14.7 Å². The first-order valence-electron chi connectivity index (χ1n) is 7.72. The Labute approximate surface area is 138 Å². The Bertz CT molecular complexity index is 610. The van der Waals surface area contributed by atoms with E-state index in [1.165, 1.54) is 16.9 Å². The van der Waals surface area contributed by atoms with Crippen LogP contribution in [0.1, 0.15) is 24.6 Å². The molecule has 2 heterocycles. The second kappa shape index (κ2) is 7.27. The Morgan fingerprint density at radius 1 is 1.27 bits per heavy atom. The number of halogens is 1. The normalized spacial score (nSPS) is 22.3. The van der Waals surface area contributed by atoms with Gasteiger partial charge in [-0.25, -0.2) is 4.68 Å². The highest BCUT2D eigenvalue weighted by Gasteiger charge is 2.23. The molecule has 0 aliphatic carbocycles. The van der Waals surface area contributed by atoms with E-state index in [4.69, 9.17) is 5.73 Å². The predicted molar refractivity (Wildman–Crippen MR) is 92.6 cm³/mol. The molecule has 2 N–H and O–H groups in total. The third-order valence-corrected chi connectivity index (χ3v) is 4.51. The topological polar surface area (TPSA) is 47.1 Å². The van der Waals surface area contributed by atoms with Crippen LogP contribution in [0, 0.1) is 12.8 Å². The lowest BCUT2D eigenvalue weighted by Crippen LogP contribution is -2.45. The average molecular weight is 321 g/mol. The molecule has 3 rings (SSSR count). The fourth-order valence-corrected chi connectivity index (χ4v) is 3.09. The number of piperidine rings is 1. The van der Waals surface area contributed by atoms with Crippen molar-refractivity contribution >= 4 is 12.4 Å². The van der Waals surface area contributed by atoms with Crippen molar-refractivity contribution in [3.63, 3.8) is 0 Å². The van der Waals surface area contributed by atoms with Crippen LogP contribution in [0.25, 0.3) is 5.69 Å². The molecule has 0 spiro atoms. The summed E-state index contributed by atoms with van der Waals surface area (Å²) in [7, 11) is 0. The minimum absolute atomic E-state index is 0. The molecule has 0 amide bonds. The predicted octanol–water partition coefficient (Wildman–Crippen LogP) is 2.77. The number of benzene rings is 1. The van der Waals surface area contributed by atoms with E-state index in [0.717, 1.165) is 26.1 Å². The number of para-hydroxylation sites is 1. The Morgan fingerprint density at radius 3 is 2.77 bits per heavy atom. The lowest BCUT2D eigenvalue weighted by molar-refractivity contribution is 0.155. The van der Waals surface area contributed by atoms with Crippen molar-refractivity contribution in [1.29, 1.82) is 0 Å². The lowest BCUT2D eigenvalue weighted by atomic mass is 9.95. The lowest BCUT2D eigenvalue weighted by Gasteiger charge is -2.35. The van der Waals surface area contributed by atoms with Gasteiger partial charge in [0.2, 0.25) is 0 Å². The van der Waals surface area contributed by atoms with Gasteiger partial charge in [-0.1, -0.05) is 25.1 Å². The summed E-state index contributed by atoms with van der Waals surface area (Å²) < 4.78 is 2.06. The zero-order valence-electron chi connectivity index (χ0n) is 13.3. The second-order valence-corrected chi connectivity index (χ2v) is 6.19. The first-order valence-corrected chi connectivity index (χ1v) is 7.72. The molecule has 0 radical (unpaired) electrons. The van der Waals surface area contributed by atoms with Crippen LogP contribution in [0.3, 0.4) is 0 Å². The monoisotopic (exact) mass is 320 g/mol. The molecule has 1 aliphatic heterocycles. The van der Waals surface area contributed by atoms with Crippen LogP contribution in [0.15, 0.2) is 36.5 Å². The molecule has 2 unspecified atom stereocenters.